The van der Waals surface area contributed by atoms with Crippen molar-refractivity contribution in [1.29, 1.82) is 0 Å². The lowest BCUT2D eigenvalue weighted by atomic mass is 10.3. The lowest BCUT2D eigenvalue weighted by molar-refractivity contribution is 1.39. The zero-order valence-electron chi connectivity index (χ0n) is 7.82. The van der Waals surface area contributed by atoms with Gasteiger partial charge >= 0.3 is 0 Å². The summed E-state index contributed by atoms with van der Waals surface area (Å²) in [4.78, 5) is 4.15. The second-order valence-electron chi connectivity index (χ2n) is 2.79. The van der Waals surface area contributed by atoms with Gasteiger partial charge in [-0.05, 0) is 24.3 Å². The number of rotatable bonds is 3. The van der Waals surface area contributed by atoms with Crippen molar-refractivity contribution in [2.24, 2.45) is 0 Å². The Labute approximate surface area is 86.8 Å². The van der Waals surface area contributed by atoms with Gasteiger partial charge in [0.15, 0.2) is 5.13 Å². The second kappa shape index (κ2) is 4.11. The molecule has 0 amide bonds. The maximum absolute atomic E-state index is 4.15. The summed E-state index contributed by atoms with van der Waals surface area (Å²) in [5.74, 6) is 0. The molecule has 0 aliphatic carbocycles. The van der Waals surface area contributed by atoms with Crippen LogP contribution in [-0.4, -0.2) is 12.0 Å². The third kappa shape index (κ3) is 2.03. The average molecular weight is 205 g/mol. The smallest absolute Gasteiger partial charge is 0.187 e. The first-order valence-electron chi connectivity index (χ1n) is 4.33. The van der Waals surface area contributed by atoms with Gasteiger partial charge in [0.2, 0.25) is 0 Å². The molecular weight excluding hydrogens is 194 g/mol. The van der Waals surface area contributed by atoms with Crippen molar-refractivity contribution >= 4 is 27.8 Å². The SMILES string of the molecule is CNc1ccc(Nc2nccs2)cc1. The Hall–Kier alpha value is -1.55. The molecule has 72 valence electrons. The number of nitrogens with one attached hydrogen (secondary N) is 2. The number of benzene rings is 1. The summed E-state index contributed by atoms with van der Waals surface area (Å²) in [6, 6.07) is 8.09. The Morgan fingerprint density at radius 3 is 2.43 bits per heavy atom. The Morgan fingerprint density at radius 2 is 1.86 bits per heavy atom. The van der Waals surface area contributed by atoms with Crippen LogP contribution in [0.5, 0.6) is 0 Å². The van der Waals surface area contributed by atoms with E-state index >= 15 is 0 Å². The molecule has 1 aromatic heterocycles. The highest BCUT2D eigenvalue weighted by Gasteiger charge is 1.95. The predicted molar refractivity (Wildman–Crippen MR) is 61.4 cm³/mol. The minimum Gasteiger partial charge on any atom is -0.388 e. The number of hydrogen-bond acceptors (Lipinski definition) is 4. The van der Waals surface area contributed by atoms with Crippen LogP contribution in [0.2, 0.25) is 0 Å². The van der Waals surface area contributed by atoms with Crippen molar-refractivity contribution in [3.05, 3.63) is 35.8 Å². The van der Waals surface area contributed by atoms with Gasteiger partial charge in [0.05, 0.1) is 0 Å². The van der Waals surface area contributed by atoms with E-state index in [1.165, 1.54) is 0 Å². The largest absolute Gasteiger partial charge is 0.388 e. The van der Waals surface area contributed by atoms with Crippen molar-refractivity contribution in [3.63, 3.8) is 0 Å². The van der Waals surface area contributed by atoms with Crippen LogP contribution in [0.15, 0.2) is 35.8 Å². The van der Waals surface area contributed by atoms with Gasteiger partial charge in [-0.1, -0.05) is 0 Å². The van der Waals surface area contributed by atoms with Crippen LogP contribution >= 0.6 is 11.3 Å². The van der Waals surface area contributed by atoms with Crippen LogP contribution in [0, 0.1) is 0 Å². The highest BCUT2D eigenvalue weighted by atomic mass is 32.1. The Morgan fingerprint density at radius 1 is 1.14 bits per heavy atom. The van der Waals surface area contributed by atoms with Crippen molar-refractivity contribution in [1.82, 2.24) is 4.98 Å². The minimum absolute atomic E-state index is 0.919. The molecule has 0 saturated heterocycles. The van der Waals surface area contributed by atoms with Crippen molar-refractivity contribution < 1.29 is 0 Å². The second-order valence-corrected chi connectivity index (χ2v) is 3.68. The third-order valence-electron chi connectivity index (χ3n) is 1.86. The van der Waals surface area contributed by atoms with E-state index in [0.29, 0.717) is 0 Å². The molecule has 14 heavy (non-hydrogen) atoms. The van der Waals surface area contributed by atoms with Crippen molar-refractivity contribution in [3.8, 4) is 0 Å². The number of aromatic nitrogens is 1. The summed E-state index contributed by atoms with van der Waals surface area (Å²) in [5, 5.41) is 9.15. The van der Waals surface area contributed by atoms with Gasteiger partial charge in [-0.25, -0.2) is 4.98 Å². The highest BCUT2D eigenvalue weighted by molar-refractivity contribution is 7.13. The van der Waals surface area contributed by atoms with Gasteiger partial charge in [-0.15, -0.1) is 11.3 Å². The van der Waals surface area contributed by atoms with Crippen LogP contribution in [-0.2, 0) is 0 Å². The normalized spacial score (nSPS) is 9.79. The van der Waals surface area contributed by atoms with E-state index in [1.807, 2.05) is 36.7 Å². The first kappa shape index (κ1) is 9.02. The Bertz CT molecular complexity index is 380. The number of anilines is 3. The maximum Gasteiger partial charge on any atom is 0.187 e. The van der Waals surface area contributed by atoms with Crippen molar-refractivity contribution in [2.45, 2.75) is 0 Å². The lowest BCUT2D eigenvalue weighted by Crippen LogP contribution is -1.90. The molecule has 2 aromatic rings. The zero-order chi connectivity index (χ0) is 9.80. The van der Waals surface area contributed by atoms with Gasteiger partial charge in [0, 0.05) is 30.0 Å². The molecular formula is C10H11N3S. The van der Waals surface area contributed by atoms with Crippen LogP contribution in [0.3, 0.4) is 0 Å². The van der Waals surface area contributed by atoms with E-state index < -0.39 is 0 Å². The molecule has 0 fully saturated rings. The van der Waals surface area contributed by atoms with E-state index in [2.05, 4.69) is 15.6 Å². The maximum atomic E-state index is 4.15. The predicted octanol–water partition coefficient (Wildman–Crippen LogP) is 2.93. The average Bonchev–Trinajstić information content (AvgIpc) is 2.72. The monoisotopic (exact) mass is 205 g/mol. The molecule has 3 nitrogen and oxygen atoms in total. The Balaban J connectivity index is 2.10. The zero-order valence-corrected chi connectivity index (χ0v) is 8.64. The first-order chi connectivity index (χ1) is 6.88. The van der Waals surface area contributed by atoms with Gasteiger partial charge in [0.25, 0.3) is 0 Å². The fourth-order valence-corrected chi connectivity index (χ4v) is 1.68. The topological polar surface area (TPSA) is 37.0 Å². The van der Waals surface area contributed by atoms with Gasteiger partial charge < -0.3 is 10.6 Å². The first-order valence-corrected chi connectivity index (χ1v) is 5.21. The van der Waals surface area contributed by atoms with Crippen LogP contribution in [0.25, 0.3) is 0 Å². The summed E-state index contributed by atoms with van der Waals surface area (Å²) >= 11 is 1.59. The standard InChI is InChI=1S/C10H11N3S/c1-11-8-2-4-9(5-3-8)13-10-12-6-7-14-10/h2-7,11H,1H3,(H,12,13). The minimum atomic E-state index is 0.919. The molecule has 0 bridgehead atoms. The van der Waals surface area contributed by atoms with Crippen molar-refractivity contribution in [2.75, 3.05) is 17.7 Å². The van der Waals surface area contributed by atoms with E-state index in [-0.39, 0.29) is 0 Å². The molecule has 0 aliphatic rings. The molecule has 0 saturated carbocycles. The molecule has 1 heterocycles. The molecule has 0 spiro atoms. The van der Waals surface area contributed by atoms with Gasteiger partial charge in [-0.2, -0.15) is 0 Å². The van der Waals surface area contributed by atoms with E-state index in [0.717, 1.165) is 16.5 Å². The highest BCUT2D eigenvalue weighted by Crippen LogP contribution is 2.19. The number of hydrogen-bond donors (Lipinski definition) is 2. The summed E-state index contributed by atoms with van der Waals surface area (Å²) in [6.07, 6.45) is 1.79. The van der Waals surface area contributed by atoms with E-state index in [1.54, 1.807) is 17.5 Å². The van der Waals surface area contributed by atoms with Crippen LogP contribution < -0.4 is 10.6 Å². The van der Waals surface area contributed by atoms with Crippen LogP contribution in [0.1, 0.15) is 0 Å². The summed E-state index contributed by atoms with van der Waals surface area (Å²) in [5.41, 5.74) is 2.16. The fraction of sp³-hybridized carbons (Fsp3) is 0.100. The molecule has 2 rings (SSSR count). The fourth-order valence-electron chi connectivity index (χ4n) is 1.13. The van der Waals surface area contributed by atoms with Gasteiger partial charge in [-0.3, -0.25) is 0 Å². The molecule has 0 radical (unpaired) electrons. The number of nitrogens with zero attached hydrogens (tertiary/aromatic N) is 1. The summed E-state index contributed by atoms with van der Waals surface area (Å²) in [7, 11) is 1.91. The molecule has 0 atom stereocenters. The number of thiazole rings is 1. The quantitative estimate of drug-likeness (QED) is 0.809. The lowest BCUT2D eigenvalue weighted by Gasteiger charge is -2.03. The Kier molecular flexibility index (Phi) is 2.65. The third-order valence-corrected chi connectivity index (χ3v) is 2.55. The molecule has 0 unspecified atom stereocenters. The molecule has 2 N–H and O–H groups in total. The van der Waals surface area contributed by atoms with Crippen LogP contribution in [0.4, 0.5) is 16.5 Å². The van der Waals surface area contributed by atoms with E-state index in [9.17, 15) is 0 Å². The van der Waals surface area contributed by atoms with Gasteiger partial charge in [0.1, 0.15) is 0 Å². The summed E-state index contributed by atoms with van der Waals surface area (Å²) < 4.78 is 0. The molecule has 1 aromatic carbocycles. The summed E-state index contributed by atoms with van der Waals surface area (Å²) in [6.45, 7) is 0. The molecule has 0 aliphatic heterocycles. The molecule has 4 heteroatoms. The van der Waals surface area contributed by atoms with E-state index in [4.69, 9.17) is 0 Å².